The third-order valence-electron chi connectivity index (χ3n) is 3.99. The summed E-state index contributed by atoms with van der Waals surface area (Å²) in [5, 5.41) is 8.52. The molecule has 0 heterocycles. The molecule has 0 aliphatic rings. The molecule has 0 amide bonds. The van der Waals surface area contributed by atoms with E-state index in [-0.39, 0.29) is 21.7 Å². The van der Waals surface area contributed by atoms with Crippen molar-refractivity contribution in [2.24, 2.45) is 0 Å². The first-order chi connectivity index (χ1) is 14.0. The van der Waals surface area contributed by atoms with E-state index in [0.717, 1.165) is 12.8 Å². The molecule has 0 aromatic heterocycles. The average Bonchev–Trinajstić information content (AvgIpc) is 2.66. The van der Waals surface area contributed by atoms with Gasteiger partial charge in [0.05, 0.1) is 0 Å². The molecule has 181 valence electrons. The van der Waals surface area contributed by atoms with Gasteiger partial charge in [0.25, 0.3) is 0 Å². The van der Waals surface area contributed by atoms with Gasteiger partial charge in [-0.3, -0.25) is 4.79 Å². The predicted molar refractivity (Wildman–Crippen MR) is 134 cm³/mol. The van der Waals surface area contributed by atoms with Crippen LogP contribution in [0, 0.1) is 19.3 Å². The smallest absolute Gasteiger partial charge is 0.481 e. The standard InChI is InChI=1S/C18H36O2.3C3H7.Ti/c1-2-3-4-5-6-7-8-9-10-11-12-13-14-15-16-17-18(19)20;3*1-3-2;/h2-17H2,1H3,(H,19,20);3*3H,1-2H3;/q;3*-1;+3. The number of carbonyl (C=O) groups is 1. The van der Waals surface area contributed by atoms with Crippen LogP contribution in [-0.4, -0.2) is 11.1 Å². The van der Waals surface area contributed by atoms with E-state index in [1.807, 2.05) is 60.8 Å². The number of aliphatic carboxylic acids is 1. The Morgan fingerprint density at radius 3 is 0.933 bits per heavy atom. The summed E-state index contributed by atoms with van der Waals surface area (Å²) in [6.45, 7) is 14.3. The summed E-state index contributed by atoms with van der Waals surface area (Å²) in [5.41, 5.74) is 0. The molecule has 2 nitrogen and oxygen atoms in total. The second-order valence-electron chi connectivity index (χ2n) is 7.83. The second-order valence-corrected chi connectivity index (χ2v) is 7.83. The first-order valence-electron chi connectivity index (χ1n) is 12.5. The Hall–Kier alpha value is 0.184. The van der Waals surface area contributed by atoms with E-state index in [9.17, 15) is 4.79 Å². The van der Waals surface area contributed by atoms with Crippen LogP contribution in [0.4, 0.5) is 0 Å². The van der Waals surface area contributed by atoms with E-state index >= 15 is 0 Å². The number of carboxylic acid groups (broad SMARTS) is 1. The summed E-state index contributed by atoms with van der Waals surface area (Å²) >= 11 is 0. The molecule has 30 heavy (non-hydrogen) atoms. The van der Waals surface area contributed by atoms with Crippen molar-refractivity contribution < 1.29 is 31.6 Å². The van der Waals surface area contributed by atoms with Gasteiger partial charge in [0, 0.05) is 6.42 Å². The van der Waals surface area contributed by atoms with Crippen LogP contribution in [-0.2, 0) is 26.5 Å². The molecule has 0 saturated heterocycles. The number of unbranched alkanes of at least 4 members (excludes halogenated alkanes) is 14. The Morgan fingerprint density at radius 1 is 0.533 bits per heavy atom. The predicted octanol–water partition coefficient (Wildman–Crippen LogP) is 10.0. The minimum Gasteiger partial charge on any atom is -0.481 e. The third kappa shape index (κ3) is 70.5. The molecule has 0 rings (SSSR count). The largest absolute Gasteiger partial charge is 3.00 e. The Morgan fingerprint density at radius 2 is 0.733 bits per heavy atom. The zero-order chi connectivity index (χ0) is 23.0. The summed E-state index contributed by atoms with van der Waals surface area (Å²) in [7, 11) is 0. The molecule has 1 N–H and O–H groups in total. The zero-order valence-electron chi connectivity index (χ0n) is 21.9. The summed E-state index contributed by atoms with van der Waals surface area (Å²) in [6, 6.07) is 0. The Balaban J connectivity index is -0.000000177. The number of rotatable bonds is 16. The SMILES string of the molecule is CCCCCCCCCCCCCCCCCC(=O)O.C[CH-]C.C[CH-]C.C[CH-]C.[Ti+3]. The fraction of sp³-hybridized carbons (Fsp3) is 0.852. The van der Waals surface area contributed by atoms with E-state index < -0.39 is 5.97 Å². The van der Waals surface area contributed by atoms with Crippen molar-refractivity contribution >= 4 is 5.97 Å². The van der Waals surface area contributed by atoms with Crippen molar-refractivity contribution in [1.82, 2.24) is 0 Å². The second kappa shape index (κ2) is 47.1. The molecule has 0 aliphatic carbocycles. The van der Waals surface area contributed by atoms with Crippen LogP contribution in [0.2, 0.25) is 0 Å². The van der Waals surface area contributed by atoms with Crippen LogP contribution in [0.3, 0.4) is 0 Å². The van der Waals surface area contributed by atoms with Gasteiger partial charge in [-0.05, 0) is 6.42 Å². The molecule has 0 aromatic carbocycles. The van der Waals surface area contributed by atoms with Gasteiger partial charge in [-0.15, -0.1) is 0 Å². The fourth-order valence-corrected chi connectivity index (χ4v) is 2.65. The van der Waals surface area contributed by atoms with Crippen molar-refractivity contribution in [3.05, 3.63) is 19.3 Å². The van der Waals surface area contributed by atoms with Crippen LogP contribution in [0.1, 0.15) is 151 Å². The van der Waals surface area contributed by atoms with Crippen molar-refractivity contribution in [1.29, 1.82) is 0 Å². The van der Waals surface area contributed by atoms with Crippen molar-refractivity contribution in [3.8, 4) is 0 Å². The number of hydrogen-bond donors (Lipinski definition) is 1. The average molecular weight is 462 g/mol. The fourth-order valence-electron chi connectivity index (χ4n) is 2.65. The van der Waals surface area contributed by atoms with Gasteiger partial charge in [0.2, 0.25) is 0 Å². The minimum atomic E-state index is -0.653. The molecule has 0 atom stereocenters. The van der Waals surface area contributed by atoms with E-state index in [4.69, 9.17) is 5.11 Å². The Kier molecular flexibility index (Phi) is 63.6. The van der Waals surface area contributed by atoms with Crippen LogP contribution in [0.5, 0.6) is 0 Å². The molecule has 0 bridgehead atoms. The van der Waals surface area contributed by atoms with Crippen LogP contribution < -0.4 is 0 Å². The van der Waals surface area contributed by atoms with Crippen LogP contribution in [0.15, 0.2) is 0 Å². The minimum absolute atomic E-state index is 0. The van der Waals surface area contributed by atoms with E-state index in [2.05, 4.69) is 6.92 Å². The normalized spacial score (nSPS) is 9.03. The van der Waals surface area contributed by atoms with Crippen LogP contribution in [0.25, 0.3) is 0 Å². The molecule has 0 aromatic rings. The van der Waals surface area contributed by atoms with E-state index in [0.29, 0.717) is 6.42 Å². The summed E-state index contributed by atoms with van der Waals surface area (Å²) in [4.78, 5) is 10.3. The molecule has 0 aliphatic heterocycles. The van der Waals surface area contributed by atoms with Crippen molar-refractivity contribution in [2.75, 3.05) is 0 Å². The quantitative estimate of drug-likeness (QED) is 0.141. The monoisotopic (exact) mass is 461 g/mol. The van der Waals surface area contributed by atoms with Gasteiger partial charge in [0.1, 0.15) is 0 Å². The molecule has 1 radical (unpaired) electrons. The Bertz CT molecular complexity index is 240. The molecule has 0 saturated carbocycles. The van der Waals surface area contributed by atoms with Gasteiger partial charge in [-0.2, -0.15) is 41.5 Å². The van der Waals surface area contributed by atoms with Crippen molar-refractivity contribution in [2.45, 2.75) is 151 Å². The van der Waals surface area contributed by atoms with Gasteiger partial charge in [0.15, 0.2) is 0 Å². The first-order valence-corrected chi connectivity index (χ1v) is 12.5. The van der Waals surface area contributed by atoms with Crippen molar-refractivity contribution in [3.63, 3.8) is 0 Å². The zero-order valence-corrected chi connectivity index (χ0v) is 23.5. The topological polar surface area (TPSA) is 37.3 Å². The van der Waals surface area contributed by atoms with Gasteiger partial charge in [-0.25, -0.2) is 0 Å². The van der Waals surface area contributed by atoms with Gasteiger partial charge >= 0.3 is 27.7 Å². The summed E-state index contributed by atoms with van der Waals surface area (Å²) < 4.78 is 0. The molecular weight excluding hydrogens is 404 g/mol. The van der Waals surface area contributed by atoms with Gasteiger partial charge in [-0.1, -0.05) is 96.8 Å². The maximum Gasteiger partial charge on any atom is 3.00 e. The summed E-state index contributed by atoms with van der Waals surface area (Å²) in [5.74, 6) is -0.653. The maximum atomic E-state index is 10.3. The molecule has 3 heteroatoms. The molecule has 0 spiro atoms. The van der Waals surface area contributed by atoms with Crippen LogP contribution >= 0.6 is 0 Å². The van der Waals surface area contributed by atoms with E-state index in [1.54, 1.807) is 0 Å². The number of hydrogen-bond acceptors (Lipinski definition) is 1. The summed E-state index contributed by atoms with van der Waals surface area (Å²) in [6.07, 6.45) is 26.2. The molecular formula is C27H57O2Ti. The number of carboxylic acids is 1. The third-order valence-corrected chi connectivity index (χ3v) is 3.99. The first kappa shape index (κ1) is 40.5. The maximum absolute atomic E-state index is 10.3. The Labute approximate surface area is 207 Å². The van der Waals surface area contributed by atoms with E-state index in [1.165, 1.54) is 83.5 Å². The molecule has 0 fully saturated rings. The van der Waals surface area contributed by atoms with Gasteiger partial charge < -0.3 is 24.4 Å². The molecule has 0 unspecified atom stereocenters.